The van der Waals surface area contributed by atoms with Crippen molar-refractivity contribution < 1.29 is 31.9 Å². The van der Waals surface area contributed by atoms with Gasteiger partial charge in [0.1, 0.15) is 19.0 Å². The first-order chi connectivity index (χ1) is 16.2. The van der Waals surface area contributed by atoms with E-state index in [4.69, 9.17) is 35.7 Å². The van der Waals surface area contributed by atoms with Crippen LogP contribution in [0.4, 0.5) is 5.82 Å². The minimum atomic E-state index is -3.67. The average molecular weight is 490 g/mol. The Morgan fingerprint density at radius 1 is 1.00 bits per heavy atom. The molecule has 3 N–H and O–H groups in total. The van der Waals surface area contributed by atoms with E-state index in [-0.39, 0.29) is 0 Å². The summed E-state index contributed by atoms with van der Waals surface area (Å²) in [7, 11) is -0.438. The molecule has 2 aromatic carbocycles. The van der Waals surface area contributed by atoms with Crippen LogP contribution in [-0.2, 0) is 19.6 Å². The van der Waals surface area contributed by atoms with Gasteiger partial charge in [0, 0.05) is 36.8 Å². The maximum absolute atomic E-state index is 9.19. The molecule has 0 aliphatic rings. The second kappa shape index (κ2) is 12.7. The van der Waals surface area contributed by atoms with Crippen molar-refractivity contribution in [2.45, 2.75) is 0 Å². The van der Waals surface area contributed by atoms with Gasteiger partial charge in [0.25, 0.3) is 10.1 Å². The highest BCUT2D eigenvalue weighted by Gasteiger charge is 2.14. The van der Waals surface area contributed by atoms with E-state index in [0.717, 1.165) is 11.1 Å². The quantitative estimate of drug-likeness (QED) is 0.261. The molecular weight excluding hydrogens is 462 g/mol. The lowest BCUT2D eigenvalue weighted by atomic mass is 10.1. The number of hydrogen-bond acceptors (Lipinski definition) is 9. The zero-order chi connectivity index (χ0) is 25.1. The standard InChI is InChI=1S/C22H23N3O4.CH4O3S/c1-4-15-6-5-7-16(12-15)22-24-18-14-20(29-11-9-27-3)19(28-10-8-26-2)13-17(18)21(23)25-22;1-5(2,3)4/h1,5-7,12-14H,8-11H2,2-3H3,(H2,23,24,25);1H3,(H,2,3,4). The minimum Gasteiger partial charge on any atom is -0.487 e. The van der Waals surface area contributed by atoms with Crippen molar-refractivity contribution in [2.75, 3.05) is 52.6 Å². The van der Waals surface area contributed by atoms with Crippen LogP contribution in [0.15, 0.2) is 36.4 Å². The lowest BCUT2D eigenvalue weighted by Crippen LogP contribution is -2.09. The number of rotatable bonds is 9. The van der Waals surface area contributed by atoms with E-state index in [9.17, 15) is 8.42 Å². The fraction of sp³-hybridized carbons (Fsp3) is 0.304. The van der Waals surface area contributed by atoms with Crippen molar-refractivity contribution in [3.05, 3.63) is 42.0 Å². The monoisotopic (exact) mass is 489 g/mol. The first-order valence-electron chi connectivity index (χ1n) is 10.0. The van der Waals surface area contributed by atoms with E-state index >= 15 is 0 Å². The molecule has 0 saturated heterocycles. The summed E-state index contributed by atoms with van der Waals surface area (Å²) in [5.74, 6) is 4.54. The molecule has 0 aliphatic carbocycles. The van der Waals surface area contributed by atoms with Gasteiger partial charge < -0.3 is 24.7 Å². The van der Waals surface area contributed by atoms with Crippen LogP contribution in [0, 0.1) is 12.3 Å². The van der Waals surface area contributed by atoms with E-state index < -0.39 is 10.1 Å². The Morgan fingerprint density at radius 3 is 2.15 bits per heavy atom. The molecule has 10 nitrogen and oxygen atoms in total. The van der Waals surface area contributed by atoms with Crippen molar-refractivity contribution in [1.29, 1.82) is 0 Å². The van der Waals surface area contributed by atoms with Crippen molar-refractivity contribution in [2.24, 2.45) is 0 Å². The number of hydrogen-bond donors (Lipinski definition) is 2. The molecule has 0 bridgehead atoms. The molecule has 0 amide bonds. The second-order valence-corrected chi connectivity index (χ2v) is 8.36. The SMILES string of the molecule is C#Cc1cccc(-c2nc(N)c3cc(OCCOC)c(OCCOC)cc3n2)c1.CS(=O)(=O)O. The number of nitrogens with zero attached hydrogens (tertiary/aromatic N) is 2. The Bertz CT molecular complexity index is 1250. The number of nitrogen functional groups attached to an aromatic ring is 1. The molecule has 0 aliphatic heterocycles. The van der Waals surface area contributed by atoms with Gasteiger partial charge in [-0.2, -0.15) is 8.42 Å². The molecule has 0 atom stereocenters. The number of anilines is 1. The molecule has 182 valence electrons. The maximum atomic E-state index is 9.19. The van der Waals surface area contributed by atoms with Gasteiger partial charge in [-0.15, -0.1) is 6.42 Å². The van der Waals surface area contributed by atoms with Gasteiger partial charge in [-0.1, -0.05) is 18.1 Å². The van der Waals surface area contributed by atoms with Crippen LogP contribution in [-0.4, -0.2) is 69.8 Å². The summed E-state index contributed by atoms with van der Waals surface area (Å²) in [5.41, 5.74) is 8.41. The van der Waals surface area contributed by atoms with Gasteiger partial charge in [-0.05, 0) is 18.2 Å². The number of nitrogens with two attached hydrogens (primary N) is 1. The van der Waals surface area contributed by atoms with E-state index in [1.165, 1.54) is 0 Å². The van der Waals surface area contributed by atoms with Gasteiger partial charge in [0.15, 0.2) is 17.3 Å². The third kappa shape index (κ3) is 8.49. The van der Waals surface area contributed by atoms with Gasteiger partial charge in [0.2, 0.25) is 0 Å². The molecule has 3 aromatic rings. The van der Waals surface area contributed by atoms with Gasteiger partial charge in [-0.25, -0.2) is 9.97 Å². The van der Waals surface area contributed by atoms with E-state index in [1.807, 2.05) is 24.3 Å². The summed E-state index contributed by atoms with van der Waals surface area (Å²) in [5, 5.41) is 0.674. The number of ether oxygens (including phenoxy) is 4. The van der Waals surface area contributed by atoms with Crippen molar-refractivity contribution >= 4 is 26.8 Å². The Hall–Kier alpha value is -3.43. The highest BCUT2D eigenvalue weighted by molar-refractivity contribution is 7.85. The topological polar surface area (TPSA) is 143 Å². The van der Waals surface area contributed by atoms with Crippen molar-refractivity contribution in [3.8, 4) is 35.2 Å². The first-order valence-corrected chi connectivity index (χ1v) is 11.8. The summed E-state index contributed by atoms with van der Waals surface area (Å²) in [6.07, 6.45) is 6.21. The lowest BCUT2D eigenvalue weighted by molar-refractivity contribution is 0.132. The molecule has 34 heavy (non-hydrogen) atoms. The molecule has 0 saturated carbocycles. The highest BCUT2D eigenvalue weighted by Crippen LogP contribution is 2.35. The summed E-state index contributed by atoms with van der Waals surface area (Å²) in [6, 6.07) is 11.0. The highest BCUT2D eigenvalue weighted by atomic mass is 32.2. The molecule has 1 heterocycles. The molecule has 11 heteroatoms. The fourth-order valence-electron chi connectivity index (χ4n) is 2.73. The largest absolute Gasteiger partial charge is 0.487 e. The van der Waals surface area contributed by atoms with Crippen LogP contribution >= 0.6 is 0 Å². The van der Waals surface area contributed by atoms with Crippen LogP contribution in [0.1, 0.15) is 5.56 Å². The fourth-order valence-corrected chi connectivity index (χ4v) is 2.73. The van der Waals surface area contributed by atoms with Crippen LogP contribution < -0.4 is 15.2 Å². The van der Waals surface area contributed by atoms with Gasteiger partial charge >= 0.3 is 0 Å². The molecule has 0 unspecified atom stereocenters. The Morgan fingerprint density at radius 2 is 1.59 bits per heavy atom. The summed E-state index contributed by atoms with van der Waals surface area (Å²) < 4.78 is 47.6. The van der Waals surface area contributed by atoms with E-state index in [0.29, 0.717) is 66.7 Å². The van der Waals surface area contributed by atoms with Crippen LogP contribution in [0.2, 0.25) is 0 Å². The van der Waals surface area contributed by atoms with Crippen molar-refractivity contribution in [1.82, 2.24) is 9.97 Å². The van der Waals surface area contributed by atoms with E-state index in [2.05, 4.69) is 15.9 Å². The molecule has 3 rings (SSSR count). The zero-order valence-corrected chi connectivity index (χ0v) is 20.0. The predicted octanol–water partition coefficient (Wildman–Crippen LogP) is 2.41. The average Bonchev–Trinajstić information content (AvgIpc) is 2.78. The van der Waals surface area contributed by atoms with E-state index in [1.54, 1.807) is 26.4 Å². The van der Waals surface area contributed by atoms with Crippen LogP contribution in [0.5, 0.6) is 11.5 Å². The van der Waals surface area contributed by atoms with Crippen LogP contribution in [0.25, 0.3) is 22.3 Å². The summed E-state index contributed by atoms with van der Waals surface area (Å²) in [4.78, 5) is 9.10. The number of fused-ring (bicyclic) bond motifs is 1. The summed E-state index contributed by atoms with van der Waals surface area (Å²) >= 11 is 0. The third-order valence-corrected chi connectivity index (χ3v) is 4.17. The molecule has 1 aromatic heterocycles. The van der Waals surface area contributed by atoms with Crippen LogP contribution in [0.3, 0.4) is 0 Å². The predicted molar refractivity (Wildman–Crippen MR) is 130 cm³/mol. The van der Waals surface area contributed by atoms with Crippen molar-refractivity contribution in [3.63, 3.8) is 0 Å². The number of aromatic nitrogens is 2. The molecule has 0 spiro atoms. The second-order valence-electron chi connectivity index (χ2n) is 6.89. The zero-order valence-electron chi connectivity index (χ0n) is 19.1. The number of terminal acetylenes is 1. The Kier molecular flexibility index (Phi) is 10.0. The Balaban J connectivity index is 0.000000739. The molecular formula is C23H27N3O7S. The smallest absolute Gasteiger partial charge is 0.261 e. The third-order valence-electron chi connectivity index (χ3n) is 4.17. The normalized spacial score (nSPS) is 10.8. The molecule has 0 fully saturated rings. The van der Waals surface area contributed by atoms with Gasteiger partial charge in [0.05, 0.1) is 25.0 Å². The Labute approximate surface area is 198 Å². The number of benzene rings is 2. The first kappa shape index (κ1) is 26.8. The van der Waals surface area contributed by atoms with Gasteiger partial charge in [-0.3, -0.25) is 4.55 Å². The lowest BCUT2D eigenvalue weighted by Gasteiger charge is -2.15. The minimum absolute atomic E-state index is 0.344. The molecule has 0 radical (unpaired) electrons. The summed E-state index contributed by atoms with van der Waals surface area (Å²) in [6.45, 7) is 1.65. The number of methoxy groups -OCH3 is 2. The maximum Gasteiger partial charge on any atom is 0.261 e.